The zero-order chi connectivity index (χ0) is 10.5. The first kappa shape index (κ1) is 9.67. The van der Waals surface area contributed by atoms with Crippen LogP contribution in [0.2, 0.25) is 5.28 Å². The zero-order valence-electron chi connectivity index (χ0n) is 7.63. The topological polar surface area (TPSA) is 64.8 Å². The third-order valence-corrected chi connectivity index (χ3v) is 1.77. The molecule has 0 saturated carbocycles. The molecule has 2 aromatic rings. The summed E-state index contributed by atoms with van der Waals surface area (Å²) in [5.41, 5.74) is 7.60. The highest BCUT2D eigenvalue weighted by molar-refractivity contribution is 6.28. The first-order chi connectivity index (χ1) is 7.34. The Morgan fingerprint density at radius 1 is 1.13 bits per heavy atom. The molecule has 0 atom stereocenters. The number of anilines is 1. The van der Waals surface area contributed by atoms with Crippen molar-refractivity contribution in [2.45, 2.75) is 0 Å². The summed E-state index contributed by atoms with van der Waals surface area (Å²) < 4.78 is 0. The molecule has 0 aliphatic heterocycles. The first-order valence-electron chi connectivity index (χ1n) is 4.21. The molecule has 2 rings (SSSR count). The van der Waals surface area contributed by atoms with Crippen molar-refractivity contribution >= 4 is 23.2 Å². The van der Waals surface area contributed by atoms with Gasteiger partial charge >= 0.3 is 0 Å². The highest BCUT2D eigenvalue weighted by atomic mass is 35.5. The van der Waals surface area contributed by atoms with E-state index in [4.69, 9.17) is 11.6 Å². The molecule has 1 radical (unpaired) electrons. The van der Waals surface area contributed by atoms with Gasteiger partial charge in [0.15, 0.2) is 0 Å². The molecule has 0 saturated heterocycles. The zero-order valence-corrected chi connectivity index (χ0v) is 8.39. The van der Waals surface area contributed by atoms with Crippen LogP contribution in [-0.4, -0.2) is 15.0 Å². The van der Waals surface area contributed by atoms with Gasteiger partial charge < -0.3 is 0 Å². The summed E-state index contributed by atoms with van der Waals surface area (Å²) in [7, 11) is 0. The van der Waals surface area contributed by atoms with Crippen molar-refractivity contribution in [3.8, 4) is 0 Å². The normalized spacial score (nSPS) is 9.67. The smallest absolute Gasteiger partial charge is 0.270 e. The quantitative estimate of drug-likeness (QED) is 0.801. The molecule has 0 spiro atoms. The Labute approximate surface area is 91.5 Å². The van der Waals surface area contributed by atoms with Crippen LogP contribution in [0.4, 0.5) is 11.6 Å². The standard InChI is InChI=1S/C9H7ClN5/c10-8-11-6-12-9(13-8)15-14-7-4-2-1-3-5-7/h1-6,14H. The Balaban J connectivity index is 1.99. The Morgan fingerprint density at radius 3 is 2.67 bits per heavy atom. The molecule has 0 aliphatic rings. The largest absolute Gasteiger partial charge is 0.275 e. The summed E-state index contributed by atoms with van der Waals surface area (Å²) in [6, 6.07) is 9.49. The fourth-order valence-electron chi connectivity index (χ4n) is 0.950. The van der Waals surface area contributed by atoms with Gasteiger partial charge in [0.1, 0.15) is 6.33 Å². The van der Waals surface area contributed by atoms with E-state index in [0.717, 1.165) is 5.69 Å². The van der Waals surface area contributed by atoms with E-state index in [1.54, 1.807) is 0 Å². The Hall–Kier alpha value is -1.88. The minimum atomic E-state index is 0.124. The van der Waals surface area contributed by atoms with E-state index in [0.29, 0.717) is 0 Å². The van der Waals surface area contributed by atoms with E-state index < -0.39 is 0 Å². The van der Waals surface area contributed by atoms with Gasteiger partial charge in [-0.25, -0.2) is 4.98 Å². The van der Waals surface area contributed by atoms with Gasteiger partial charge in [-0.3, -0.25) is 5.43 Å². The predicted molar refractivity (Wildman–Crippen MR) is 56.7 cm³/mol. The van der Waals surface area contributed by atoms with E-state index >= 15 is 0 Å². The lowest BCUT2D eigenvalue weighted by atomic mass is 10.3. The van der Waals surface area contributed by atoms with E-state index in [1.807, 2.05) is 30.3 Å². The lowest BCUT2D eigenvalue weighted by molar-refractivity contribution is 0.905. The number of hydrogen-bond acceptors (Lipinski definition) is 4. The predicted octanol–water partition coefficient (Wildman–Crippen LogP) is 1.79. The molecule has 0 fully saturated rings. The van der Waals surface area contributed by atoms with Gasteiger partial charge in [0.25, 0.3) is 5.95 Å². The van der Waals surface area contributed by atoms with Gasteiger partial charge in [0, 0.05) is 0 Å². The summed E-state index contributed by atoms with van der Waals surface area (Å²) in [6.45, 7) is 0. The van der Waals surface area contributed by atoms with E-state index in [1.165, 1.54) is 6.33 Å². The molecular formula is C9H7ClN5. The molecular weight excluding hydrogens is 214 g/mol. The molecule has 0 amide bonds. The second kappa shape index (κ2) is 4.56. The Bertz CT molecular complexity index is 434. The number of halogens is 1. The van der Waals surface area contributed by atoms with Crippen molar-refractivity contribution in [2.24, 2.45) is 0 Å². The van der Waals surface area contributed by atoms with Crippen LogP contribution in [0.1, 0.15) is 0 Å². The van der Waals surface area contributed by atoms with Gasteiger partial charge in [0.2, 0.25) is 5.28 Å². The summed E-state index contributed by atoms with van der Waals surface area (Å²) in [4.78, 5) is 11.3. The first-order valence-corrected chi connectivity index (χ1v) is 4.59. The van der Waals surface area contributed by atoms with Gasteiger partial charge in [-0.2, -0.15) is 9.97 Å². The highest BCUT2D eigenvalue weighted by Crippen LogP contribution is 2.06. The molecule has 0 bridgehead atoms. The molecule has 0 unspecified atom stereocenters. The van der Waals surface area contributed by atoms with Crippen LogP contribution in [0, 0.1) is 0 Å². The van der Waals surface area contributed by atoms with Gasteiger partial charge in [0.05, 0.1) is 5.69 Å². The molecule has 15 heavy (non-hydrogen) atoms. The molecule has 1 aromatic carbocycles. The number of para-hydroxylation sites is 1. The molecule has 75 valence electrons. The minimum Gasteiger partial charge on any atom is -0.275 e. The van der Waals surface area contributed by atoms with Crippen LogP contribution < -0.4 is 10.9 Å². The molecule has 5 nitrogen and oxygen atoms in total. The van der Waals surface area contributed by atoms with Crippen LogP contribution in [0.5, 0.6) is 0 Å². The third-order valence-electron chi connectivity index (χ3n) is 1.59. The van der Waals surface area contributed by atoms with Crippen molar-refractivity contribution in [1.29, 1.82) is 0 Å². The van der Waals surface area contributed by atoms with E-state index in [-0.39, 0.29) is 11.2 Å². The average Bonchev–Trinajstić information content (AvgIpc) is 2.28. The van der Waals surface area contributed by atoms with Crippen molar-refractivity contribution in [3.63, 3.8) is 0 Å². The van der Waals surface area contributed by atoms with Gasteiger partial charge in [-0.1, -0.05) is 18.2 Å². The molecule has 0 aliphatic carbocycles. The average molecular weight is 221 g/mol. The SMILES string of the molecule is Clc1ncnc([N]Nc2ccccc2)n1. The molecule has 1 N–H and O–H groups in total. The minimum absolute atomic E-state index is 0.124. The number of nitrogens with one attached hydrogen (secondary N) is 1. The highest BCUT2D eigenvalue weighted by Gasteiger charge is 1.98. The summed E-state index contributed by atoms with van der Waals surface area (Å²) in [5.74, 6) is 0.249. The van der Waals surface area contributed by atoms with Gasteiger partial charge in [-0.05, 0) is 23.7 Å². The second-order valence-electron chi connectivity index (χ2n) is 2.64. The van der Waals surface area contributed by atoms with Crippen molar-refractivity contribution in [3.05, 3.63) is 41.9 Å². The number of rotatable bonds is 3. The summed E-state index contributed by atoms with van der Waals surface area (Å²) in [5, 5.41) is 0.124. The fourth-order valence-corrected chi connectivity index (χ4v) is 1.07. The van der Waals surface area contributed by atoms with Crippen molar-refractivity contribution < 1.29 is 0 Å². The van der Waals surface area contributed by atoms with Crippen LogP contribution in [0.15, 0.2) is 36.7 Å². The Kier molecular flexibility index (Phi) is 2.94. The van der Waals surface area contributed by atoms with Crippen LogP contribution >= 0.6 is 11.6 Å². The Morgan fingerprint density at radius 2 is 1.93 bits per heavy atom. The van der Waals surface area contributed by atoms with E-state index in [2.05, 4.69) is 25.8 Å². The lowest BCUT2D eigenvalue weighted by Gasteiger charge is -2.03. The van der Waals surface area contributed by atoms with Gasteiger partial charge in [-0.15, -0.1) is 5.43 Å². The van der Waals surface area contributed by atoms with Crippen molar-refractivity contribution in [2.75, 3.05) is 5.43 Å². The number of benzene rings is 1. The third kappa shape index (κ3) is 2.78. The molecule has 1 heterocycles. The maximum absolute atomic E-state index is 5.58. The fraction of sp³-hybridized carbons (Fsp3) is 0. The monoisotopic (exact) mass is 220 g/mol. The number of hydrogen-bond donors (Lipinski definition) is 1. The summed E-state index contributed by atoms with van der Waals surface area (Å²) >= 11 is 5.58. The molecule has 1 aromatic heterocycles. The van der Waals surface area contributed by atoms with Crippen LogP contribution in [0.3, 0.4) is 0 Å². The maximum atomic E-state index is 5.58. The van der Waals surface area contributed by atoms with Crippen LogP contribution in [-0.2, 0) is 0 Å². The van der Waals surface area contributed by atoms with Crippen molar-refractivity contribution in [1.82, 2.24) is 20.4 Å². The number of aromatic nitrogens is 3. The van der Waals surface area contributed by atoms with E-state index in [9.17, 15) is 0 Å². The number of nitrogens with zero attached hydrogens (tertiary/aromatic N) is 4. The summed E-state index contributed by atoms with van der Waals surface area (Å²) in [6.07, 6.45) is 1.31. The lowest BCUT2D eigenvalue weighted by Crippen LogP contribution is -2.10. The maximum Gasteiger partial charge on any atom is 0.270 e. The second-order valence-corrected chi connectivity index (χ2v) is 2.98. The molecule has 6 heteroatoms. The van der Waals surface area contributed by atoms with Crippen LogP contribution in [0.25, 0.3) is 0 Å².